The molecule has 0 bridgehead atoms. The first kappa shape index (κ1) is 17.4. The molecular formula is C12H11F4N5O3S. The average molecular weight is 381 g/mol. The molecule has 0 atom stereocenters. The molecule has 136 valence electrons. The highest BCUT2D eigenvalue weighted by molar-refractivity contribution is 7.87. The fourth-order valence-electron chi connectivity index (χ4n) is 2.20. The van der Waals surface area contributed by atoms with Gasteiger partial charge in [0.05, 0.1) is 0 Å². The molecule has 1 aliphatic rings. The van der Waals surface area contributed by atoms with Gasteiger partial charge in [0.2, 0.25) is 0 Å². The average Bonchev–Trinajstić information content (AvgIpc) is 2.96. The van der Waals surface area contributed by atoms with E-state index in [2.05, 4.69) is 19.5 Å². The number of anilines is 1. The highest BCUT2D eigenvalue weighted by Crippen LogP contribution is 2.28. The maximum atomic E-state index is 12.8. The summed E-state index contributed by atoms with van der Waals surface area (Å²) < 4.78 is 77.1. The summed E-state index contributed by atoms with van der Waals surface area (Å²) >= 11 is 0. The number of nitrogens with zero attached hydrogens (tertiary/aromatic N) is 5. The fourth-order valence-corrected chi connectivity index (χ4v) is 2.73. The first-order valence-corrected chi connectivity index (χ1v) is 8.34. The van der Waals surface area contributed by atoms with Gasteiger partial charge in [0.25, 0.3) is 0 Å². The van der Waals surface area contributed by atoms with E-state index in [1.165, 1.54) is 10.6 Å². The molecule has 3 rings (SSSR count). The van der Waals surface area contributed by atoms with Gasteiger partial charge in [0.15, 0.2) is 18.1 Å². The Morgan fingerprint density at radius 3 is 2.60 bits per heavy atom. The minimum Gasteiger partial charge on any atom is -0.381 e. The Labute approximate surface area is 138 Å². The van der Waals surface area contributed by atoms with Crippen LogP contribution in [0.1, 0.15) is 12.2 Å². The number of hydrogen-bond donors (Lipinski definition) is 0. The van der Waals surface area contributed by atoms with Crippen molar-refractivity contribution in [1.82, 2.24) is 19.8 Å². The van der Waals surface area contributed by atoms with E-state index in [9.17, 15) is 26.0 Å². The van der Waals surface area contributed by atoms with Gasteiger partial charge in [-0.2, -0.15) is 26.1 Å². The first-order valence-electron chi connectivity index (χ1n) is 6.93. The summed E-state index contributed by atoms with van der Waals surface area (Å²) in [6.45, 7) is -0.607. The first-order chi connectivity index (χ1) is 11.7. The quantitative estimate of drug-likeness (QED) is 0.451. The largest absolute Gasteiger partial charge is 0.534 e. The molecule has 0 unspecified atom stereocenters. The third-order valence-corrected chi connectivity index (χ3v) is 4.42. The Balaban J connectivity index is 1.76. The Morgan fingerprint density at radius 1 is 1.24 bits per heavy atom. The predicted octanol–water partition coefficient (Wildman–Crippen LogP) is 1.55. The third kappa shape index (κ3) is 3.36. The minimum atomic E-state index is -5.67. The summed E-state index contributed by atoms with van der Waals surface area (Å²) in [6, 6.07) is 3.16. The van der Waals surface area contributed by atoms with Gasteiger partial charge in [-0.25, -0.2) is 4.39 Å². The second kappa shape index (κ2) is 6.13. The highest BCUT2D eigenvalue weighted by atomic mass is 32.2. The van der Waals surface area contributed by atoms with Gasteiger partial charge in [-0.1, -0.05) is 0 Å². The van der Waals surface area contributed by atoms with E-state index in [0.29, 0.717) is 11.5 Å². The van der Waals surface area contributed by atoms with Gasteiger partial charge in [0, 0.05) is 19.5 Å². The van der Waals surface area contributed by atoms with Gasteiger partial charge in [-0.15, -0.1) is 15.3 Å². The lowest BCUT2D eigenvalue weighted by Gasteiger charge is -2.26. The second-order valence-electron chi connectivity index (χ2n) is 5.06. The zero-order valence-electron chi connectivity index (χ0n) is 12.4. The van der Waals surface area contributed by atoms with Crippen molar-refractivity contribution in [2.75, 3.05) is 18.0 Å². The van der Waals surface area contributed by atoms with Crippen molar-refractivity contribution in [3.8, 4) is 0 Å². The number of fused-ring (bicyclic) bond motifs is 1. The van der Waals surface area contributed by atoms with Crippen LogP contribution >= 0.6 is 0 Å². The molecule has 0 aromatic carbocycles. The molecule has 0 spiro atoms. The van der Waals surface area contributed by atoms with Crippen LogP contribution in [-0.2, 0) is 21.0 Å². The smallest absolute Gasteiger partial charge is 0.381 e. The van der Waals surface area contributed by atoms with E-state index >= 15 is 0 Å². The number of aromatic nitrogens is 4. The molecule has 0 aliphatic carbocycles. The van der Waals surface area contributed by atoms with E-state index in [-0.39, 0.29) is 31.1 Å². The molecule has 25 heavy (non-hydrogen) atoms. The summed E-state index contributed by atoms with van der Waals surface area (Å²) in [6.07, 6.45) is 1.16. The molecule has 0 fully saturated rings. The molecule has 0 radical (unpaired) electrons. The zero-order chi connectivity index (χ0) is 18.2. The van der Waals surface area contributed by atoms with Crippen molar-refractivity contribution >= 4 is 21.6 Å². The van der Waals surface area contributed by atoms with Gasteiger partial charge in [-0.05, 0) is 18.2 Å². The molecule has 2 aromatic heterocycles. The monoisotopic (exact) mass is 381 g/mol. The van der Waals surface area contributed by atoms with E-state index in [1.54, 1.807) is 17.0 Å². The molecular weight excluding hydrogens is 370 g/mol. The SMILES string of the molecule is O=S(=O)(OC1=CCN(c2ccc3nnc(CF)n3n2)CC1)C(F)(F)F. The number of halogens is 4. The summed E-state index contributed by atoms with van der Waals surface area (Å²) in [5, 5.41) is 11.5. The van der Waals surface area contributed by atoms with Gasteiger partial charge >= 0.3 is 15.6 Å². The molecule has 0 N–H and O–H groups in total. The van der Waals surface area contributed by atoms with Crippen LogP contribution < -0.4 is 4.90 Å². The summed E-state index contributed by atoms with van der Waals surface area (Å²) in [7, 11) is -5.67. The van der Waals surface area contributed by atoms with E-state index in [0.717, 1.165) is 0 Å². The van der Waals surface area contributed by atoms with Gasteiger partial charge in [-0.3, -0.25) is 0 Å². The number of rotatable bonds is 4. The maximum Gasteiger partial charge on any atom is 0.534 e. The summed E-state index contributed by atoms with van der Waals surface area (Å²) in [5.41, 5.74) is -5.13. The van der Waals surface area contributed by atoms with Crippen LogP contribution in [0.4, 0.5) is 23.4 Å². The molecule has 0 saturated heterocycles. The Morgan fingerprint density at radius 2 is 2.00 bits per heavy atom. The minimum absolute atomic E-state index is 0.0182. The summed E-state index contributed by atoms with van der Waals surface area (Å²) in [5.74, 6) is 0.143. The van der Waals surface area contributed by atoms with Crippen molar-refractivity contribution < 1.29 is 30.2 Å². The Hall–Kier alpha value is -2.44. The third-order valence-electron chi connectivity index (χ3n) is 3.42. The van der Waals surface area contributed by atoms with Crippen LogP contribution in [0, 0.1) is 0 Å². The van der Waals surface area contributed by atoms with Crippen LogP contribution in [0.2, 0.25) is 0 Å². The van der Waals surface area contributed by atoms with Crippen molar-refractivity contribution in [2.45, 2.75) is 18.6 Å². The van der Waals surface area contributed by atoms with Crippen molar-refractivity contribution in [1.29, 1.82) is 0 Å². The van der Waals surface area contributed by atoms with E-state index < -0.39 is 22.3 Å². The van der Waals surface area contributed by atoms with Crippen LogP contribution in [-0.4, -0.2) is 46.8 Å². The van der Waals surface area contributed by atoms with Crippen LogP contribution in [0.25, 0.3) is 5.65 Å². The maximum absolute atomic E-state index is 12.8. The topological polar surface area (TPSA) is 89.7 Å². The number of hydrogen-bond acceptors (Lipinski definition) is 7. The molecule has 1 aliphatic heterocycles. The lowest BCUT2D eigenvalue weighted by atomic mass is 10.2. The fraction of sp³-hybridized carbons (Fsp3) is 0.417. The highest BCUT2D eigenvalue weighted by Gasteiger charge is 2.48. The molecule has 0 saturated carbocycles. The standard InChI is InChI=1S/C12H11F4N5O3S/c13-7-11-18-17-9-1-2-10(19-21(9)11)20-5-3-8(4-6-20)24-25(22,23)12(14,15)16/h1-3H,4-7H2. The molecule has 13 heteroatoms. The van der Waals surface area contributed by atoms with E-state index in [1.807, 2.05) is 0 Å². The van der Waals surface area contributed by atoms with Crippen molar-refractivity contribution in [2.24, 2.45) is 0 Å². The Bertz CT molecular complexity index is 924. The zero-order valence-corrected chi connectivity index (χ0v) is 13.3. The normalized spacial score (nSPS) is 16.2. The molecule has 0 amide bonds. The Kier molecular flexibility index (Phi) is 4.26. The van der Waals surface area contributed by atoms with Crippen LogP contribution in [0.15, 0.2) is 24.0 Å². The van der Waals surface area contributed by atoms with Crippen molar-refractivity contribution in [3.63, 3.8) is 0 Å². The van der Waals surface area contributed by atoms with Crippen LogP contribution in [0.3, 0.4) is 0 Å². The molecule has 3 heterocycles. The second-order valence-corrected chi connectivity index (χ2v) is 6.60. The van der Waals surface area contributed by atoms with Gasteiger partial charge in [0.1, 0.15) is 11.6 Å². The molecule has 8 nitrogen and oxygen atoms in total. The van der Waals surface area contributed by atoms with Crippen molar-refractivity contribution in [3.05, 3.63) is 29.8 Å². The number of alkyl halides is 4. The van der Waals surface area contributed by atoms with Gasteiger partial charge < -0.3 is 9.08 Å². The van der Waals surface area contributed by atoms with Crippen LogP contribution in [0.5, 0.6) is 0 Å². The predicted molar refractivity (Wildman–Crippen MR) is 76.6 cm³/mol. The molecule has 2 aromatic rings. The summed E-state index contributed by atoms with van der Waals surface area (Å²) in [4.78, 5) is 1.66. The van der Waals surface area contributed by atoms with E-state index in [4.69, 9.17) is 0 Å². The lowest BCUT2D eigenvalue weighted by Crippen LogP contribution is -2.32. The lowest BCUT2D eigenvalue weighted by molar-refractivity contribution is -0.0523.